The van der Waals surface area contributed by atoms with E-state index < -0.39 is 17.4 Å². The molecule has 2 N–H and O–H groups in total. The Bertz CT molecular complexity index is 1590. The van der Waals surface area contributed by atoms with Gasteiger partial charge in [-0.25, -0.2) is 14.5 Å². The highest BCUT2D eigenvalue weighted by Crippen LogP contribution is 2.28. The van der Waals surface area contributed by atoms with Crippen molar-refractivity contribution in [2.75, 3.05) is 12.4 Å². The Labute approximate surface area is 223 Å². The maximum absolute atomic E-state index is 13.8. The molecule has 200 valence electrons. The van der Waals surface area contributed by atoms with Crippen LogP contribution in [0.2, 0.25) is 0 Å². The van der Waals surface area contributed by atoms with Crippen molar-refractivity contribution in [2.24, 2.45) is 12.1 Å². The number of para-hydroxylation sites is 1. The highest BCUT2D eigenvalue weighted by Gasteiger charge is 2.21. The minimum Gasteiger partial charge on any atom is -0.493 e. The van der Waals surface area contributed by atoms with Gasteiger partial charge in [0.15, 0.2) is 11.5 Å². The molecule has 4 rings (SSSR count). The molecule has 11 heteroatoms. The molecule has 4 aromatic rings. The van der Waals surface area contributed by atoms with Crippen LogP contribution in [0.5, 0.6) is 11.5 Å². The molecule has 39 heavy (non-hydrogen) atoms. The van der Waals surface area contributed by atoms with Crippen LogP contribution >= 0.6 is 0 Å². The number of ether oxygens (including phenoxy) is 2. The van der Waals surface area contributed by atoms with Crippen molar-refractivity contribution in [2.45, 2.75) is 13.5 Å². The fourth-order valence-electron chi connectivity index (χ4n) is 3.75. The molecule has 1 aromatic heterocycles. The van der Waals surface area contributed by atoms with Crippen LogP contribution in [0.25, 0.3) is 5.69 Å². The molecule has 0 saturated carbocycles. The molecular formula is C28H26FN5O5. The fourth-order valence-corrected chi connectivity index (χ4v) is 3.75. The highest BCUT2D eigenvalue weighted by atomic mass is 19.1. The lowest BCUT2D eigenvalue weighted by molar-refractivity contribution is -0.136. The zero-order chi connectivity index (χ0) is 27.9. The summed E-state index contributed by atoms with van der Waals surface area (Å²) in [7, 11) is 3.13. The predicted molar refractivity (Wildman–Crippen MR) is 144 cm³/mol. The van der Waals surface area contributed by atoms with Crippen LogP contribution in [0.4, 0.5) is 10.1 Å². The Morgan fingerprint density at radius 2 is 1.72 bits per heavy atom. The van der Waals surface area contributed by atoms with Gasteiger partial charge in [-0.2, -0.15) is 5.10 Å². The van der Waals surface area contributed by atoms with E-state index >= 15 is 0 Å². The highest BCUT2D eigenvalue weighted by molar-refractivity contribution is 6.39. The summed E-state index contributed by atoms with van der Waals surface area (Å²) in [4.78, 5) is 37.7. The van der Waals surface area contributed by atoms with Gasteiger partial charge in [-0.1, -0.05) is 36.4 Å². The third kappa shape index (κ3) is 6.04. The molecule has 3 aromatic carbocycles. The van der Waals surface area contributed by atoms with Crippen LogP contribution in [-0.4, -0.2) is 34.5 Å². The summed E-state index contributed by atoms with van der Waals surface area (Å²) < 4.78 is 27.8. The Morgan fingerprint density at radius 1 is 1.00 bits per heavy atom. The van der Waals surface area contributed by atoms with Gasteiger partial charge in [0.05, 0.1) is 24.7 Å². The van der Waals surface area contributed by atoms with Gasteiger partial charge >= 0.3 is 11.8 Å². The van der Waals surface area contributed by atoms with Crippen LogP contribution in [0, 0.1) is 12.7 Å². The van der Waals surface area contributed by atoms with E-state index in [4.69, 9.17) is 9.47 Å². The largest absolute Gasteiger partial charge is 0.493 e. The number of benzene rings is 3. The van der Waals surface area contributed by atoms with Gasteiger partial charge in [0.1, 0.15) is 18.1 Å². The topological polar surface area (TPSA) is 116 Å². The van der Waals surface area contributed by atoms with Gasteiger partial charge in [0.2, 0.25) is 0 Å². The molecule has 0 bridgehead atoms. The number of carbonyl (C=O) groups excluding carboxylic acids is 2. The van der Waals surface area contributed by atoms with Crippen molar-refractivity contribution >= 4 is 23.7 Å². The molecule has 2 amide bonds. The number of hydrogen-bond donors (Lipinski definition) is 2. The van der Waals surface area contributed by atoms with Crippen LogP contribution in [0.3, 0.4) is 0 Å². The van der Waals surface area contributed by atoms with E-state index in [1.807, 2.05) is 6.07 Å². The van der Waals surface area contributed by atoms with Crippen molar-refractivity contribution < 1.29 is 23.5 Å². The van der Waals surface area contributed by atoms with Gasteiger partial charge < -0.3 is 14.8 Å². The van der Waals surface area contributed by atoms with E-state index in [0.717, 1.165) is 0 Å². The number of carbonyl (C=O) groups is 2. The number of rotatable bonds is 8. The SMILES string of the molecule is COc1cc(C=NNC(=O)C(=O)Nc2c(C)n(C)n(-c3ccccc3)c2=O)ccc1OCc1ccccc1F. The zero-order valence-electron chi connectivity index (χ0n) is 21.5. The summed E-state index contributed by atoms with van der Waals surface area (Å²) in [6.07, 6.45) is 1.31. The van der Waals surface area contributed by atoms with Gasteiger partial charge in [-0.05, 0) is 48.9 Å². The number of nitrogens with zero attached hydrogens (tertiary/aromatic N) is 3. The van der Waals surface area contributed by atoms with Gasteiger partial charge in [0, 0.05) is 12.6 Å². The van der Waals surface area contributed by atoms with Crippen molar-refractivity contribution in [3.8, 4) is 17.2 Å². The van der Waals surface area contributed by atoms with Crippen LogP contribution in [-0.2, 0) is 23.2 Å². The molecule has 10 nitrogen and oxygen atoms in total. The second-order valence-corrected chi connectivity index (χ2v) is 8.38. The summed E-state index contributed by atoms with van der Waals surface area (Å²) in [5, 5.41) is 6.18. The third-order valence-electron chi connectivity index (χ3n) is 5.91. The minimum atomic E-state index is -1.06. The van der Waals surface area contributed by atoms with E-state index in [-0.39, 0.29) is 18.1 Å². The van der Waals surface area contributed by atoms with Crippen LogP contribution in [0.1, 0.15) is 16.8 Å². The minimum absolute atomic E-state index is 0.0128. The molecule has 0 aliphatic rings. The Morgan fingerprint density at radius 3 is 2.44 bits per heavy atom. The first-order valence-corrected chi connectivity index (χ1v) is 11.8. The summed E-state index contributed by atoms with van der Waals surface area (Å²) in [5.41, 5.74) is 3.67. The monoisotopic (exact) mass is 531 g/mol. The molecular weight excluding hydrogens is 505 g/mol. The molecule has 0 spiro atoms. The number of methoxy groups -OCH3 is 1. The lowest BCUT2D eigenvalue weighted by Crippen LogP contribution is -2.34. The molecule has 0 unspecified atom stereocenters. The standard InChI is InChI=1S/C28H26FN5O5/c1-18-25(28(37)34(33(18)2)21-10-5-4-6-11-21)31-26(35)27(36)32-30-16-19-13-14-23(24(15-19)38-3)39-17-20-9-7-8-12-22(20)29/h4-16H,17H2,1-3H3,(H,31,35)(H,32,36). The number of anilines is 1. The predicted octanol–water partition coefficient (Wildman–Crippen LogP) is 3.30. The number of hydrazone groups is 1. The van der Waals surface area contributed by atoms with E-state index in [0.29, 0.717) is 34.0 Å². The lowest BCUT2D eigenvalue weighted by Gasteiger charge is -2.11. The van der Waals surface area contributed by atoms with E-state index in [1.165, 1.54) is 24.1 Å². The summed E-state index contributed by atoms with van der Waals surface area (Å²) in [5.74, 6) is -1.72. The van der Waals surface area contributed by atoms with Crippen molar-refractivity contribution in [1.29, 1.82) is 0 Å². The van der Waals surface area contributed by atoms with E-state index in [1.54, 1.807) is 79.3 Å². The lowest BCUT2D eigenvalue weighted by atomic mass is 10.2. The zero-order valence-corrected chi connectivity index (χ0v) is 21.5. The van der Waals surface area contributed by atoms with Gasteiger partial charge in [0.25, 0.3) is 5.56 Å². The molecule has 0 aliphatic carbocycles. The molecule has 0 saturated heterocycles. The normalized spacial score (nSPS) is 10.9. The summed E-state index contributed by atoms with van der Waals surface area (Å²) in [6, 6.07) is 20.1. The van der Waals surface area contributed by atoms with Crippen LogP contribution < -0.4 is 25.8 Å². The average Bonchev–Trinajstić information content (AvgIpc) is 3.16. The summed E-state index contributed by atoms with van der Waals surface area (Å²) >= 11 is 0. The second kappa shape index (κ2) is 11.9. The van der Waals surface area contributed by atoms with Crippen LogP contribution in [0.15, 0.2) is 82.7 Å². The number of nitrogens with one attached hydrogen (secondary N) is 2. The summed E-state index contributed by atoms with van der Waals surface area (Å²) in [6.45, 7) is 1.67. The number of hydrogen-bond acceptors (Lipinski definition) is 6. The molecule has 1 heterocycles. The molecule has 0 radical (unpaired) electrons. The average molecular weight is 532 g/mol. The molecule has 0 aliphatic heterocycles. The Balaban J connectivity index is 1.39. The van der Waals surface area contributed by atoms with Crippen molar-refractivity contribution in [3.05, 3.63) is 106 Å². The smallest absolute Gasteiger partial charge is 0.329 e. The van der Waals surface area contributed by atoms with Crippen molar-refractivity contribution in [3.63, 3.8) is 0 Å². The maximum atomic E-state index is 13.8. The fraction of sp³-hybridized carbons (Fsp3) is 0.143. The third-order valence-corrected chi connectivity index (χ3v) is 5.91. The Hall–Kier alpha value is -5.19. The maximum Gasteiger partial charge on any atom is 0.329 e. The van der Waals surface area contributed by atoms with E-state index in [9.17, 15) is 18.8 Å². The van der Waals surface area contributed by atoms with Crippen molar-refractivity contribution in [1.82, 2.24) is 14.8 Å². The first-order chi connectivity index (χ1) is 18.8. The van der Waals surface area contributed by atoms with Gasteiger partial charge in [-0.3, -0.25) is 19.1 Å². The quantitative estimate of drug-likeness (QED) is 0.206. The molecule has 0 atom stereocenters. The van der Waals surface area contributed by atoms with E-state index in [2.05, 4.69) is 15.8 Å². The number of aromatic nitrogens is 2. The van der Waals surface area contributed by atoms with Gasteiger partial charge in [-0.15, -0.1) is 0 Å². The number of amides is 2. The second-order valence-electron chi connectivity index (χ2n) is 8.38. The number of halogens is 1. The molecule has 0 fully saturated rings. The first-order valence-electron chi connectivity index (χ1n) is 11.8. The Kier molecular flexibility index (Phi) is 8.20. The first kappa shape index (κ1) is 26.9.